The van der Waals surface area contributed by atoms with Gasteiger partial charge in [0.2, 0.25) is 0 Å². The third-order valence-corrected chi connectivity index (χ3v) is 6.13. The molecule has 0 atom stereocenters. The van der Waals surface area contributed by atoms with E-state index >= 15 is 0 Å². The Morgan fingerprint density at radius 2 is 1.06 bits per heavy atom. The second-order valence-corrected chi connectivity index (χ2v) is 11.8. The summed E-state index contributed by atoms with van der Waals surface area (Å²) in [6.45, 7) is 15.8. The van der Waals surface area contributed by atoms with Crippen LogP contribution in [0.2, 0.25) is 0 Å². The molecule has 8 heteroatoms. The minimum atomic E-state index is -2.49. The molecule has 36 heavy (non-hydrogen) atoms. The molecule has 7 nitrogen and oxygen atoms in total. The lowest BCUT2D eigenvalue weighted by Gasteiger charge is -2.22. The van der Waals surface area contributed by atoms with Crippen molar-refractivity contribution in [1.82, 2.24) is 0 Å². The molecule has 0 aliphatic carbocycles. The van der Waals surface area contributed by atoms with Crippen LogP contribution in [0.5, 0.6) is 11.5 Å². The summed E-state index contributed by atoms with van der Waals surface area (Å²) in [5.74, 6) is 0.0292. The highest BCUT2D eigenvalue weighted by Gasteiger charge is 2.25. The lowest BCUT2D eigenvalue weighted by atomic mass is 9.86. The van der Waals surface area contributed by atoms with Gasteiger partial charge in [0.05, 0.1) is 12.8 Å². The van der Waals surface area contributed by atoms with Gasteiger partial charge in [0, 0.05) is 15.7 Å². The fourth-order valence-corrected chi connectivity index (χ4v) is 4.01. The van der Waals surface area contributed by atoms with E-state index in [9.17, 15) is 14.2 Å². The quantitative estimate of drug-likeness (QED) is 0.193. The largest absolute Gasteiger partial charge is 0.697 e. The highest BCUT2D eigenvalue weighted by molar-refractivity contribution is 7.33. The zero-order valence-electron chi connectivity index (χ0n) is 22.6. The zero-order chi connectivity index (χ0) is 27.1. The van der Waals surface area contributed by atoms with Crippen molar-refractivity contribution in [3.8, 4) is 11.5 Å². The Hall–Kier alpha value is -2.60. The van der Waals surface area contributed by atoms with E-state index in [1.54, 1.807) is 0 Å². The van der Waals surface area contributed by atoms with Crippen LogP contribution in [0.15, 0.2) is 36.4 Å². The molecule has 196 valence electrons. The van der Waals surface area contributed by atoms with Crippen LogP contribution in [0.1, 0.15) is 76.6 Å². The van der Waals surface area contributed by atoms with Crippen molar-refractivity contribution < 1.29 is 32.7 Å². The Morgan fingerprint density at radius 3 is 1.39 bits per heavy atom. The first-order valence-electron chi connectivity index (χ1n) is 12.0. The number of benzene rings is 2. The first-order valence-corrected chi connectivity index (χ1v) is 13.1. The van der Waals surface area contributed by atoms with Crippen molar-refractivity contribution in [2.24, 2.45) is 0 Å². The number of ether oxygens (including phenoxy) is 2. The van der Waals surface area contributed by atoms with Crippen molar-refractivity contribution in [2.75, 3.05) is 13.2 Å². The molecule has 0 fully saturated rings. The zero-order valence-corrected chi connectivity index (χ0v) is 23.5. The van der Waals surface area contributed by atoms with Crippen molar-refractivity contribution in [3.63, 3.8) is 0 Å². The van der Waals surface area contributed by atoms with Crippen LogP contribution in [0.25, 0.3) is 0 Å². The van der Waals surface area contributed by atoms with E-state index in [1.807, 2.05) is 91.8 Å². The Kier molecular flexibility index (Phi) is 10.4. The molecule has 0 unspecified atom stereocenters. The second kappa shape index (κ2) is 12.6. The van der Waals surface area contributed by atoms with Gasteiger partial charge in [0.15, 0.2) is 0 Å². The summed E-state index contributed by atoms with van der Waals surface area (Å²) in [6.07, 6.45) is -0.181. The van der Waals surface area contributed by atoms with Gasteiger partial charge in [0.1, 0.15) is 24.7 Å². The van der Waals surface area contributed by atoms with Crippen LogP contribution >= 0.6 is 8.25 Å². The number of carbonyl (C=O) groups is 2. The third kappa shape index (κ3) is 9.45. The summed E-state index contributed by atoms with van der Waals surface area (Å²) in [4.78, 5) is 24.6. The van der Waals surface area contributed by atoms with Crippen LogP contribution in [-0.4, -0.2) is 25.2 Å². The third-order valence-electron chi connectivity index (χ3n) is 5.34. The molecule has 0 saturated carbocycles. The standard InChI is InChI=1S/C28H38O7P/c1-19-9-11-21(27(3,4)5)23(17-19)34-25(29)13-15-32-36(31)33-16-14-26(30)35-24-18-20(2)10-12-22(24)28(6,7)8/h9-12,17-18H,13-16H2,1-8H3/q+1. The van der Waals surface area contributed by atoms with Gasteiger partial charge in [-0.05, 0) is 47.9 Å². The second-order valence-electron chi connectivity index (χ2n) is 10.8. The molecule has 0 radical (unpaired) electrons. The number of esters is 2. The molecule has 2 aromatic carbocycles. The van der Waals surface area contributed by atoms with Gasteiger partial charge in [-0.2, -0.15) is 0 Å². The SMILES string of the molecule is Cc1ccc(C(C)(C)C)c(OC(=O)CCO[P+](=O)OCCC(=O)Oc2cc(C)ccc2C(C)(C)C)c1. The highest BCUT2D eigenvalue weighted by Crippen LogP contribution is 2.33. The van der Waals surface area contributed by atoms with E-state index in [-0.39, 0.29) is 36.9 Å². The van der Waals surface area contributed by atoms with E-state index in [4.69, 9.17) is 18.5 Å². The Morgan fingerprint density at radius 1 is 0.694 bits per heavy atom. The van der Waals surface area contributed by atoms with Crippen LogP contribution in [-0.2, 0) is 34.0 Å². The van der Waals surface area contributed by atoms with Crippen LogP contribution in [0.3, 0.4) is 0 Å². The molecule has 0 spiro atoms. The van der Waals surface area contributed by atoms with Crippen LogP contribution < -0.4 is 9.47 Å². The van der Waals surface area contributed by atoms with Gasteiger partial charge < -0.3 is 9.47 Å². The monoisotopic (exact) mass is 517 g/mol. The van der Waals surface area contributed by atoms with E-state index < -0.39 is 20.2 Å². The maximum Gasteiger partial charge on any atom is 0.697 e. The van der Waals surface area contributed by atoms with Crippen molar-refractivity contribution >= 4 is 20.2 Å². The first kappa shape index (κ1) is 29.6. The fraction of sp³-hybridized carbons (Fsp3) is 0.500. The van der Waals surface area contributed by atoms with Crippen molar-refractivity contribution in [3.05, 3.63) is 58.7 Å². The van der Waals surface area contributed by atoms with Crippen molar-refractivity contribution in [1.29, 1.82) is 0 Å². The molecule has 2 aromatic rings. The molecule has 0 aliphatic heterocycles. The number of rotatable bonds is 10. The molecule has 0 heterocycles. The first-order chi connectivity index (χ1) is 16.7. The Balaban J connectivity index is 1.76. The maximum absolute atomic E-state index is 12.3. The Labute approximate surface area is 215 Å². The number of aryl methyl sites for hydroxylation is 2. The molecule has 0 N–H and O–H groups in total. The summed E-state index contributed by atoms with van der Waals surface area (Å²) in [6, 6.07) is 11.5. The molecule has 0 aromatic heterocycles. The Bertz CT molecular complexity index is 1010. The molecule has 0 aliphatic rings. The number of hydrogen-bond donors (Lipinski definition) is 0. The minimum Gasteiger partial charge on any atom is -0.426 e. The smallest absolute Gasteiger partial charge is 0.426 e. The minimum absolute atomic E-state index is 0.0903. The van der Waals surface area contributed by atoms with E-state index in [0.29, 0.717) is 11.5 Å². The molecular formula is C28H38O7P+. The summed E-state index contributed by atoms with van der Waals surface area (Å²) in [7, 11) is -2.49. The van der Waals surface area contributed by atoms with Gasteiger partial charge in [0.25, 0.3) is 0 Å². The predicted molar refractivity (Wildman–Crippen MR) is 140 cm³/mol. The summed E-state index contributed by atoms with van der Waals surface area (Å²) < 4.78 is 33.2. The topological polar surface area (TPSA) is 88.1 Å². The number of carbonyl (C=O) groups excluding carboxylic acids is 2. The summed E-state index contributed by atoms with van der Waals surface area (Å²) in [5, 5.41) is 0. The van der Waals surface area contributed by atoms with Gasteiger partial charge >= 0.3 is 20.2 Å². The van der Waals surface area contributed by atoms with Gasteiger partial charge in [-0.15, -0.1) is 9.05 Å². The average Bonchev–Trinajstić information content (AvgIpc) is 2.72. The predicted octanol–water partition coefficient (Wildman–Crippen LogP) is 6.88. The molecule has 0 saturated heterocycles. The van der Waals surface area contributed by atoms with E-state index in [2.05, 4.69) is 0 Å². The van der Waals surface area contributed by atoms with Gasteiger partial charge in [-0.3, -0.25) is 9.59 Å². The van der Waals surface area contributed by atoms with Crippen LogP contribution in [0, 0.1) is 13.8 Å². The van der Waals surface area contributed by atoms with Gasteiger partial charge in [-0.1, -0.05) is 65.8 Å². The lowest BCUT2D eigenvalue weighted by Crippen LogP contribution is -2.17. The normalized spacial score (nSPS) is 11.8. The van der Waals surface area contributed by atoms with Crippen molar-refractivity contribution in [2.45, 2.75) is 79.1 Å². The fourth-order valence-electron chi connectivity index (χ4n) is 3.46. The molecule has 2 rings (SSSR count). The maximum atomic E-state index is 12.3. The van der Waals surface area contributed by atoms with E-state index in [1.165, 1.54) is 0 Å². The highest BCUT2D eigenvalue weighted by atomic mass is 31.1. The molecule has 0 bridgehead atoms. The van der Waals surface area contributed by atoms with Crippen LogP contribution in [0.4, 0.5) is 0 Å². The average molecular weight is 518 g/mol. The summed E-state index contributed by atoms with van der Waals surface area (Å²) >= 11 is 0. The van der Waals surface area contributed by atoms with Gasteiger partial charge in [-0.25, -0.2) is 0 Å². The lowest BCUT2D eigenvalue weighted by molar-refractivity contribution is -0.135. The molecular weight excluding hydrogens is 479 g/mol. The van der Waals surface area contributed by atoms with E-state index in [0.717, 1.165) is 22.3 Å². The summed E-state index contributed by atoms with van der Waals surface area (Å²) in [5.41, 5.74) is 3.42. The molecule has 0 amide bonds. The number of hydrogen-bond acceptors (Lipinski definition) is 7.